The second kappa shape index (κ2) is 15.8. The third kappa shape index (κ3) is 6.26. The molecule has 0 fully saturated rings. The maximum absolute atomic E-state index is 2.44. The lowest BCUT2D eigenvalue weighted by atomic mass is 9.64. The number of hydrogen-bond donors (Lipinski definition) is 0. The van der Waals surface area contributed by atoms with Crippen molar-refractivity contribution in [2.75, 3.05) is 9.80 Å². The fourth-order valence-electron chi connectivity index (χ4n) is 11.0. The first-order valence-corrected chi connectivity index (χ1v) is 23.2. The second-order valence-electron chi connectivity index (χ2n) is 17.7. The summed E-state index contributed by atoms with van der Waals surface area (Å²) in [6.45, 7) is 0. The summed E-state index contributed by atoms with van der Waals surface area (Å²) in [7, 11) is 0. The van der Waals surface area contributed by atoms with Crippen molar-refractivity contribution in [2.45, 2.75) is 5.41 Å². The van der Waals surface area contributed by atoms with Gasteiger partial charge in [0.1, 0.15) is 0 Å². The zero-order valence-electron chi connectivity index (χ0n) is 36.8. The van der Waals surface area contributed by atoms with E-state index in [0.29, 0.717) is 0 Å². The van der Waals surface area contributed by atoms with Crippen LogP contribution in [0.2, 0.25) is 0 Å². The summed E-state index contributed by atoms with van der Waals surface area (Å²) < 4.78 is 0. The number of hydrogen-bond acceptors (Lipinski definition) is 2. The molecule has 2 heteroatoms. The minimum Gasteiger partial charge on any atom is -0.310 e. The normalized spacial score (nSPS) is 12.9. The lowest BCUT2D eigenvalue weighted by Gasteiger charge is -2.45. The summed E-state index contributed by atoms with van der Waals surface area (Å²) in [5.41, 5.74) is 21.5. The van der Waals surface area contributed by atoms with E-state index in [-0.39, 0.29) is 0 Å². The van der Waals surface area contributed by atoms with Crippen molar-refractivity contribution in [3.05, 3.63) is 289 Å². The van der Waals surface area contributed by atoms with Gasteiger partial charge in [-0.1, -0.05) is 194 Å². The summed E-state index contributed by atoms with van der Waals surface area (Å²) in [5, 5.41) is 2.39. The van der Waals surface area contributed by atoms with Gasteiger partial charge in [0, 0.05) is 22.7 Å². The highest BCUT2D eigenvalue weighted by Crippen LogP contribution is 2.63. The maximum Gasteiger partial charge on any atom is 0.0754 e. The molecular weight excluding hydrogens is 809 g/mol. The SMILES string of the molecule is c1ccc(-c2ccc(N(c3ccc(-c4ccccc4)cc3)c3ccc4cc(-c5ccc6c(c5)-c5ccccc5C65c6ccccc6N(c6ccccc6)c6ccccc65)ccc4c3)cc2)cc1. The van der Waals surface area contributed by atoms with E-state index >= 15 is 0 Å². The lowest BCUT2D eigenvalue weighted by molar-refractivity contribution is 0.753. The van der Waals surface area contributed by atoms with Gasteiger partial charge in [-0.15, -0.1) is 0 Å². The summed E-state index contributed by atoms with van der Waals surface area (Å²) in [6, 6.07) is 97.9. The molecule has 1 aliphatic carbocycles. The molecule has 0 atom stereocenters. The lowest BCUT2D eigenvalue weighted by Crippen LogP contribution is -2.36. The Morgan fingerprint density at radius 3 is 1.30 bits per heavy atom. The molecule has 1 aliphatic heterocycles. The Morgan fingerprint density at radius 1 is 0.269 bits per heavy atom. The molecule has 0 saturated heterocycles. The molecule has 0 aromatic heterocycles. The van der Waals surface area contributed by atoms with Crippen molar-refractivity contribution < 1.29 is 0 Å². The van der Waals surface area contributed by atoms with Crippen molar-refractivity contribution in [1.82, 2.24) is 0 Å². The molecule has 0 bridgehead atoms. The number of para-hydroxylation sites is 3. The summed E-state index contributed by atoms with van der Waals surface area (Å²) in [5.74, 6) is 0. The molecule has 11 aromatic carbocycles. The van der Waals surface area contributed by atoms with E-state index < -0.39 is 5.41 Å². The Morgan fingerprint density at radius 2 is 0.687 bits per heavy atom. The Hall–Kier alpha value is -8.72. The molecule has 0 unspecified atom stereocenters. The molecular formula is C65H44N2. The van der Waals surface area contributed by atoms with Crippen LogP contribution >= 0.6 is 0 Å². The van der Waals surface area contributed by atoms with Crippen LogP contribution in [0, 0.1) is 0 Å². The number of rotatable bonds is 7. The van der Waals surface area contributed by atoms with Crippen molar-refractivity contribution in [3.63, 3.8) is 0 Å². The highest BCUT2D eigenvalue weighted by Gasteiger charge is 2.51. The minimum atomic E-state index is -0.474. The van der Waals surface area contributed by atoms with E-state index in [1.807, 2.05) is 0 Å². The van der Waals surface area contributed by atoms with Crippen LogP contribution < -0.4 is 9.80 Å². The molecule has 0 N–H and O–H groups in total. The molecule has 11 aromatic rings. The highest BCUT2D eigenvalue weighted by molar-refractivity contribution is 5.98. The molecule has 0 amide bonds. The van der Waals surface area contributed by atoms with Crippen molar-refractivity contribution in [2.24, 2.45) is 0 Å². The van der Waals surface area contributed by atoms with Gasteiger partial charge >= 0.3 is 0 Å². The van der Waals surface area contributed by atoms with Crippen LogP contribution in [-0.2, 0) is 5.41 Å². The summed E-state index contributed by atoms with van der Waals surface area (Å²) in [4.78, 5) is 4.80. The first-order valence-electron chi connectivity index (χ1n) is 23.2. The molecule has 0 saturated carbocycles. The van der Waals surface area contributed by atoms with Gasteiger partial charge in [0.15, 0.2) is 0 Å². The van der Waals surface area contributed by atoms with Crippen LogP contribution in [0.3, 0.4) is 0 Å². The van der Waals surface area contributed by atoms with Gasteiger partial charge in [-0.25, -0.2) is 0 Å². The third-order valence-corrected chi connectivity index (χ3v) is 14.0. The van der Waals surface area contributed by atoms with Gasteiger partial charge in [0.25, 0.3) is 0 Å². The Balaban J connectivity index is 0.899. The quantitative estimate of drug-likeness (QED) is 0.158. The predicted octanol–water partition coefficient (Wildman–Crippen LogP) is 17.5. The smallest absolute Gasteiger partial charge is 0.0754 e. The van der Waals surface area contributed by atoms with Crippen LogP contribution in [0.25, 0.3) is 55.3 Å². The van der Waals surface area contributed by atoms with Crippen LogP contribution in [0.1, 0.15) is 22.3 Å². The molecule has 2 nitrogen and oxygen atoms in total. The first-order chi connectivity index (χ1) is 33.2. The number of benzene rings is 11. The summed E-state index contributed by atoms with van der Waals surface area (Å²) in [6.07, 6.45) is 0. The fourth-order valence-corrected chi connectivity index (χ4v) is 11.0. The zero-order chi connectivity index (χ0) is 44.3. The van der Waals surface area contributed by atoms with E-state index in [1.165, 1.54) is 88.9 Å². The van der Waals surface area contributed by atoms with Gasteiger partial charge in [-0.2, -0.15) is 0 Å². The van der Waals surface area contributed by atoms with Gasteiger partial charge < -0.3 is 9.80 Å². The summed E-state index contributed by atoms with van der Waals surface area (Å²) >= 11 is 0. The Labute approximate surface area is 391 Å². The van der Waals surface area contributed by atoms with Crippen LogP contribution in [0.5, 0.6) is 0 Å². The standard InChI is InChI=1S/C65H44N2/c1-4-16-45(17-5-1)47-30-36-54(37-31-47)66(55-38-32-48(33-39-55)46-18-6-2-7-19-46)56-40-34-50-42-49(28-29-51(50)43-56)52-35-41-60-58(44-52)57-22-10-11-23-59(57)65(60)61-24-12-14-26-63(61)67(53-20-8-3-9-21-53)64-27-15-13-25-62(64)65/h1-44H. The first kappa shape index (κ1) is 38.7. The van der Waals surface area contributed by atoms with Gasteiger partial charge in [0.2, 0.25) is 0 Å². The van der Waals surface area contributed by atoms with Crippen LogP contribution in [-0.4, -0.2) is 0 Å². The molecule has 0 radical (unpaired) electrons. The van der Waals surface area contributed by atoms with Crippen LogP contribution in [0.4, 0.5) is 34.1 Å². The topological polar surface area (TPSA) is 6.48 Å². The average Bonchev–Trinajstić information content (AvgIpc) is 3.70. The van der Waals surface area contributed by atoms with Gasteiger partial charge in [0.05, 0.1) is 16.8 Å². The maximum atomic E-state index is 2.44. The van der Waals surface area contributed by atoms with Gasteiger partial charge in [-0.05, 0) is 150 Å². The number of fused-ring (bicyclic) bond motifs is 10. The molecule has 67 heavy (non-hydrogen) atoms. The molecule has 314 valence electrons. The highest BCUT2D eigenvalue weighted by atomic mass is 15.2. The van der Waals surface area contributed by atoms with Crippen molar-refractivity contribution in [3.8, 4) is 44.5 Å². The zero-order valence-corrected chi connectivity index (χ0v) is 36.8. The van der Waals surface area contributed by atoms with E-state index in [9.17, 15) is 0 Å². The van der Waals surface area contributed by atoms with E-state index in [2.05, 4.69) is 277 Å². The van der Waals surface area contributed by atoms with Crippen molar-refractivity contribution in [1.29, 1.82) is 0 Å². The molecule has 2 aliphatic rings. The van der Waals surface area contributed by atoms with Crippen LogP contribution in [0.15, 0.2) is 267 Å². The molecule has 13 rings (SSSR count). The second-order valence-corrected chi connectivity index (χ2v) is 17.7. The number of nitrogens with zero attached hydrogens (tertiary/aromatic N) is 2. The Bertz CT molecular complexity index is 3490. The van der Waals surface area contributed by atoms with E-state index in [4.69, 9.17) is 0 Å². The Kier molecular flexibility index (Phi) is 9.11. The average molecular weight is 853 g/mol. The largest absolute Gasteiger partial charge is 0.310 e. The fraction of sp³-hybridized carbons (Fsp3) is 0.0154. The molecule has 1 spiro atoms. The third-order valence-electron chi connectivity index (χ3n) is 14.0. The minimum absolute atomic E-state index is 0.474. The predicted molar refractivity (Wildman–Crippen MR) is 280 cm³/mol. The molecule has 1 heterocycles. The van der Waals surface area contributed by atoms with Gasteiger partial charge in [-0.3, -0.25) is 0 Å². The van der Waals surface area contributed by atoms with Crippen molar-refractivity contribution >= 4 is 44.9 Å². The number of anilines is 6. The van der Waals surface area contributed by atoms with E-state index in [1.54, 1.807) is 0 Å². The van der Waals surface area contributed by atoms with E-state index in [0.717, 1.165) is 22.7 Å². The monoisotopic (exact) mass is 852 g/mol.